The maximum absolute atomic E-state index is 12.1. The zero-order valence-electron chi connectivity index (χ0n) is 11.5. The molecule has 0 amide bonds. The molecule has 0 atom stereocenters. The number of anilines is 1. The first kappa shape index (κ1) is 15.8. The first-order chi connectivity index (χ1) is 9.89. The van der Waals surface area contributed by atoms with Gasteiger partial charge in [-0.15, -0.1) is 0 Å². The summed E-state index contributed by atoms with van der Waals surface area (Å²) in [7, 11) is -3.54. The van der Waals surface area contributed by atoms with Gasteiger partial charge in [0.1, 0.15) is 0 Å². The Balaban J connectivity index is 2.14. The molecule has 0 saturated heterocycles. The van der Waals surface area contributed by atoms with E-state index >= 15 is 0 Å². The molecule has 2 N–H and O–H groups in total. The number of aliphatic hydroxyl groups is 1. The zero-order chi connectivity index (χ0) is 15.5. The van der Waals surface area contributed by atoms with Gasteiger partial charge in [0.05, 0.1) is 23.1 Å². The molecular weight excluding hydrogens is 310 g/mol. The standard InChI is InChI=1S/C15H16ClNO3S/c1-11-2-7-15(14(16)8-11)17-21(19,20)10-13-5-3-12(9-18)4-6-13/h2-8,17-18H,9-10H2,1H3. The minimum Gasteiger partial charge on any atom is -0.392 e. The average molecular weight is 326 g/mol. The predicted octanol–water partition coefficient (Wildman–Crippen LogP) is 3.08. The molecule has 0 aliphatic carbocycles. The van der Waals surface area contributed by atoms with E-state index in [0.717, 1.165) is 11.1 Å². The van der Waals surface area contributed by atoms with Crippen LogP contribution < -0.4 is 4.72 Å². The summed E-state index contributed by atoms with van der Waals surface area (Å²) < 4.78 is 26.8. The van der Waals surface area contributed by atoms with Crippen molar-refractivity contribution in [3.05, 3.63) is 64.2 Å². The molecule has 0 spiro atoms. The highest BCUT2D eigenvalue weighted by molar-refractivity contribution is 7.91. The Morgan fingerprint density at radius 1 is 1.10 bits per heavy atom. The summed E-state index contributed by atoms with van der Waals surface area (Å²) in [5.41, 5.74) is 2.71. The molecule has 0 saturated carbocycles. The van der Waals surface area contributed by atoms with E-state index in [4.69, 9.17) is 16.7 Å². The van der Waals surface area contributed by atoms with Gasteiger partial charge in [0, 0.05) is 0 Å². The second-order valence-electron chi connectivity index (χ2n) is 4.82. The summed E-state index contributed by atoms with van der Waals surface area (Å²) in [6, 6.07) is 11.9. The number of benzene rings is 2. The fraction of sp³-hybridized carbons (Fsp3) is 0.200. The minimum absolute atomic E-state index is 0.0652. The lowest BCUT2D eigenvalue weighted by Gasteiger charge is -2.10. The van der Waals surface area contributed by atoms with Crippen molar-refractivity contribution < 1.29 is 13.5 Å². The van der Waals surface area contributed by atoms with Gasteiger partial charge in [0.15, 0.2) is 0 Å². The third kappa shape index (κ3) is 4.46. The molecular formula is C15H16ClNO3S. The lowest BCUT2D eigenvalue weighted by Crippen LogP contribution is -2.15. The minimum atomic E-state index is -3.54. The quantitative estimate of drug-likeness (QED) is 0.887. The Kier molecular flexibility index (Phi) is 4.88. The van der Waals surface area contributed by atoms with E-state index in [0.29, 0.717) is 16.3 Å². The molecule has 2 rings (SSSR count). The van der Waals surface area contributed by atoms with Gasteiger partial charge in [-0.05, 0) is 35.7 Å². The summed E-state index contributed by atoms with van der Waals surface area (Å²) >= 11 is 6.02. The summed E-state index contributed by atoms with van der Waals surface area (Å²) in [5, 5.41) is 9.33. The van der Waals surface area contributed by atoms with Crippen LogP contribution in [0.25, 0.3) is 0 Å². The van der Waals surface area contributed by atoms with E-state index in [-0.39, 0.29) is 12.4 Å². The van der Waals surface area contributed by atoms with Crippen LogP contribution in [0.1, 0.15) is 16.7 Å². The fourth-order valence-corrected chi connectivity index (χ4v) is 3.42. The van der Waals surface area contributed by atoms with E-state index in [1.807, 2.05) is 6.92 Å². The smallest absolute Gasteiger partial charge is 0.236 e. The van der Waals surface area contributed by atoms with Crippen molar-refractivity contribution in [2.24, 2.45) is 0 Å². The van der Waals surface area contributed by atoms with Gasteiger partial charge >= 0.3 is 0 Å². The Labute approximate surface area is 129 Å². The van der Waals surface area contributed by atoms with Crippen LogP contribution in [0.4, 0.5) is 5.69 Å². The van der Waals surface area contributed by atoms with Crippen LogP contribution in [0.5, 0.6) is 0 Å². The monoisotopic (exact) mass is 325 g/mol. The van der Waals surface area contributed by atoms with Crippen molar-refractivity contribution in [3.8, 4) is 0 Å². The van der Waals surface area contributed by atoms with Crippen LogP contribution in [0.3, 0.4) is 0 Å². The first-order valence-electron chi connectivity index (χ1n) is 6.35. The Morgan fingerprint density at radius 2 is 1.71 bits per heavy atom. The van der Waals surface area contributed by atoms with Crippen molar-refractivity contribution >= 4 is 27.3 Å². The molecule has 0 unspecified atom stereocenters. The van der Waals surface area contributed by atoms with Crippen LogP contribution >= 0.6 is 11.6 Å². The number of sulfonamides is 1. The highest BCUT2D eigenvalue weighted by atomic mass is 35.5. The Morgan fingerprint density at radius 3 is 2.29 bits per heavy atom. The fourth-order valence-electron chi connectivity index (χ4n) is 1.87. The van der Waals surface area contributed by atoms with Crippen molar-refractivity contribution in [1.29, 1.82) is 0 Å². The van der Waals surface area contributed by atoms with Crippen LogP contribution in [-0.2, 0) is 22.4 Å². The maximum Gasteiger partial charge on any atom is 0.236 e. The van der Waals surface area contributed by atoms with Crippen molar-refractivity contribution in [3.63, 3.8) is 0 Å². The van der Waals surface area contributed by atoms with E-state index in [1.165, 1.54) is 0 Å². The van der Waals surface area contributed by atoms with Crippen molar-refractivity contribution in [1.82, 2.24) is 0 Å². The van der Waals surface area contributed by atoms with E-state index < -0.39 is 10.0 Å². The molecule has 6 heteroatoms. The number of nitrogens with one attached hydrogen (secondary N) is 1. The van der Waals surface area contributed by atoms with Crippen LogP contribution in [0.15, 0.2) is 42.5 Å². The van der Waals surface area contributed by atoms with Gasteiger partial charge < -0.3 is 5.11 Å². The van der Waals surface area contributed by atoms with Gasteiger partial charge in [-0.25, -0.2) is 8.42 Å². The Bertz CT molecular complexity index is 727. The number of rotatable bonds is 5. The molecule has 2 aromatic rings. The van der Waals surface area contributed by atoms with Gasteiger partial charge in [0.25, 0.3) is 0 Å². The Hall–Kier alpha value is -1.56. The number of hydrogen-bond donors (Lipinski definition) is 2. The van der Waals surface area contributed by atoms with Gasteiger partial charge in [-0.1, -0.05) is 41.9 Å². The van der Waals surface area contributed by atoms with Crippen LogP contribution in [0, 0.1) is 6.92 Å². The van der Waals surface area contributed by atoms with Crippen molar-refractivity contribution in [2.75, 3.05) is 4.72 Å². The summed E-state index contributed by atoms with van der Waals surface area (Å²) in [6.07, 6.45) is 0. The third-order valence-corrected chi connectivity index (χ3v) is 4.51. The summed E-state index contributed by atoms with van der Waals surface area (Å²) in [5.74, 6) is -0.150. The summed E-state index contributed by atoms with van der Waals surface area (Å²) in [6.45, 7) is 1.82. The molecule has 0 aliphatic heterocycles. The van der Waals surface area contributed by atoms with Gasteiger partial charge in [-0.3, -0.25) is 4.72 Å². The van der Waals surface area contributed by atoms with E-state index in [9.17, 15) is 8.42 Å². The molecule has 0 radical (unpaired) electrons. The average Bonchev–Trinajstić information content (AvgIpc) is 2.42. The van der Waals surface area contributed by atoms with E-state index in [2.05, 4.69) is 4.72 Å². The number of aliphatic hydroxyl groups excluding tert-OH is 1. The largest absolute Gasteiger partial charge is 0.392 e. The molecule has 2 aromatic carbocycles. The SMILES string of the molecule is Cc1ccc(NS(=O)(=O)Cc2ccc(CO)cc2)c(Cl)c1. The second-order valence-corrected chi connectivity index (χ2v) is 6.95. The summed E-state index contributed by atoms with van der Waals surface area (Å²) in [4.78, 5) is 0. The van der Waals surface area contributed by atoms with Gasteiger partial charge in [-0.2, -0.15) is 0 Å². The first-order valence-corrected chi connectivity index (χ1v) is 8.38. The highest BCUT2D eigenvalue weighted by Gasteiger charge is 2.13. The third-order valence-electron chi connectivity index (χ3n) is 2.95. The highest BCUT2D eigenvalue weighted by Crippen LogP contribution is 2.24. The second kappa shape index (κ2) is 6.47. The number of hydrogen-bond acceptors (Lipinski definition) is 3. The lowest BCUT2D eigenvalue weighted by atomic mass is 10.2. The molecule has 4 nitrogen and oxygen atoms in total. The van der Waals surface area contributed by atoms with Crippen LogP contribution in [0.2, 0.25) is 5.02 Å². The maximum atomic E-state index is 12.1. The predicted molar refractivity (Wildman–Crippen MR) is 84.8 cm³/mol. The lowest BCUT2D eigenvalue weighted by molar-refractivity contribution is 0.282. The molecule has 112 valence electrons. The number of halogens is 1. The molecule has 0 aliphatic rings. The molecule has 21 heavy (non-hydrogen) atoms. The molecule has 0 heterocycles. The van der Waals surface area contributed by atoms with E-state index in [1.54, 1.807) is 42.5 Å². The van der Waals surface area contributed by atoms with Crippen molar-refractivity contribution in [2.45, 2.75) is 19.3 Å². The van der Waals surface area contributed by atoms with Crippen LogP contribution in [-0.4, -0.2) is 13.5 Å². The topological polar surface area (TPSA) is 66.4 Å². The number of aryl methyl sites for hydroxylation is 1. The molecule has 0 fully saturated rings. The normalized spacial score (nSPS) is 11.4. The molecule has 0 bridgehead atoms. The van der Waals surface area contributed by atoms with Gasteiger partial charge in [0.2, 0.25) is 10.0 Å². The molecule has 0 aromatic heterocycles. The zero-order valence-corrected chi connectivity index (χ0v) is 13.1.